The van der Waals surface area contributed by atoms with Crippen molar-refractivity contribution in [3.8, 4) is 0 Å². The molecule has 0 unspecified atom stereocenters. The molecule has 1 aromatic heterocycles. The van der Waals surface area contributed by atoms with Gasteiger partial charge in [-0.2, -0.15) is 13.2 Å². The number of benzene rings is 1. The minimum atomic E-state index is -4.51. The molecule has 0 aliphatic rings. The number of rotatable bonds is 2. The highest BCUT2D eigenvalue weighted by molar-refractivity contribution is 6.04. The highest BCUT2D eigenvalue weighted by atomic mass is 19.4. The summed E-state index contributed by atoms with van der Waals surface area (Å²) < 4.78 is 40.4. The molecule has 0 aliphatic heterocycles. The van der Waals surface area contributed by atoms with Gasteiger partial charge < -0.3 is 9.67 Å². The molecule has 0 amide bonds. The van der Waals surface area contributed by atoms with E-state index in [1.165, 1.54) is 22.9 Å². The number of aromatic carboxylic acids is 1. The van der Waals surface area contributed by atoms with Crippen molar-refractivity contribution in [3.05, 3.63) is 35.5 Å². The Balaban J connectivity index is 2.91. The smallest absolute Gasteiger partial charge is 0.418 e. The van der Waals surface area contributed by atoms with E-state index in [4.69, 9.17) is 5.11 Å². The molecule has 0 saturated carbocycles. The summed E-state index contributed by atoms with van der Waals surface area (Å²) in [5.41, 5.74) is -1.01. The zero-order valence-corrected chi connectivity index (χ0v) is 10.3. The van der Waals surface area contributed by atoms with Gasteiger partial charge in [0.2, 0.25) is 0 Å². The molecule has 0 bridgehead atoms. The highest BCUT2D eigenvalue weighted by Crippen LogP contribution is 2.37. The van der Waals surface area contributed by atoms with Crippen molar-refractivity contribution in [1.82, 2.24) is 4.57 Å². The summed E-state index contributed by atoms with van der Waals surface area (Å²) >= 11 is 0. The van der Waals surface area contributed by atoms with E-state index in [2.05, 4.69) is 0 Å². The second-order valence-electron chi connectivity index (χ2n) is 4.55. The number of fused-ring (bicyclic) bond motifs is 1. The normalized spacial score (nSPS) is 12.3. The van der Waals surface area contributed by atoms with Crippen LogP contribution in [0.4, 0.5) is 13.2 Å². The van der Waals surface area contributed by atoms with Crippen molar-refractivity contribution in [1.29, 1.82) is 0 Å². The molecule has 0 atom stereocenters. The first-order chi connectivity index (χ1) is 8.73. The summed E-state index contributed by atoms with van der Waals surface area (Å²) in [7, 11) is 0. The number of nitrogens with zero attached hydrogens (tertiary/aromatic N) is 1. The van der Waals surface area contributed by atoms with Crippen molar-refractivity contribution in [2.45, 2.75) is 26.1 Å². The third-order valence-electron chi connectivity index (χ3n) is 2.94. The maximum atomic E-state index is 13.0. The molecule has 1 heterocycles. The number of para-hydroxylation sites is 1. The molecule has 2 aromatic rings. The fraction of sp³-hybridized carbons (Fsp3) is 0.308. The summed E-state index contributed by atoms with van der Waals surface area (Å²) in [6.07, 6.45) is -3.26. The van der Waals surface area contributed by atoms with Gasteiger partial charge in [-0.25, -0.2) is 4.79 Å². The topological polar surface area (TPSA) is 42.2 Å². The molecular weight excluding hydrogens is 259 g/mol. The van der Waals surface area contributed by atoms with Crippen molar-refractivity contribution in [2.75, 3.05) is 0 Å². The van der Waals surface area contributed by atoms with Gasteiger partial charge in [0, 0.05) is 17.6 Å². The van der Waals surface area contributed by atoms with Gasteiger partial charge in [0.05, 0.1) is 16.6 Å². The van der Waals surface area contributed by atoms with Gasteiger partial charge in [-0.05, 0) is 19.9 Å². The van der Waals surface area contributed by atoms with Gasteiger partial charge in [-0.3, -0.25) is 0 Å². The van der Waals surface area contributed by atoms with Crippen LogP contribution in [-0.2, 0) is 6.18 Å². The maximum Gasteiger partial charge on any atom is 0.418 e. The van der Waals surface area contributed by atoms with Crippen LogP contribution in [0.2, 0.25) is 0 Å². The fourth-order valence-corrected chi connectivity index (χ4v) is 2.12. The van der Waals surface area contributed by atoms with Gasteiger partial charge in [0.25, 0.3) is 0 Å². The average molecular weight is 271 g/mol. The maximum absolute atomic E-state index is 13.0. The van der Waals surface area contributed by atoms with Crippen LogP contribution in [0.5, 0.6) is 0 Å². The van der Waals surface area contributed by atoms with E-state index >= 15 is 0 Å². The number of carboxylic acid groups (broad SMARTS) is 1. The van der Waals surface area contributed by atoms with Crippen LogP contribution in [0.15, 0.2) is 24.4 Å². The predicted octanol–water partition coefficient (Wildman–Crippen LogP) is 3.94. The van der Waals surface area contributed by atoms with Crippen LogP contribution in [0.3, 0.4) is 0 Å². The van der Waals surface area contributed by atoms with Gasteiger partial charge in [-0.1, -0.05) is 12.1 Å². The Morgan fingerprint density at radius 3 is 2.42 bits per heavy atom. The lowest BCUT2D eigenvalue weighted by Gasteiger charge is -2.14. The van der Waals surface area contributed by atoms with E-state index in [-0.39, 0.29) is 22.5 Å². The highest BCUT2D eigenvalue weighted by Gasteiger charge is 2.35. The number of carboxylic acids is 1. The lowest BCUT2D eigenvalue weighted by atomic mass is 10.1. The SMILES string of the molecule is CC(C)n1cc(C(=O)O)c2cccc(C(F)(F)F)c21. The Bertz CT molecular complexity index is 641. The molecule has 0 aliphatic carbocycles. The van der Waals surface area contributed by atoms with Crippen LogP contribution in [0, 0.1) is 0 Å². The first-order valence-electron chi connectivity index (χ1n) is 5.67. The van der Waals surface area contributed by atoms with Gasteiger partial charge >= 0.3 is 12.1 Å². The molecule has 102 valence electrons. The van der Waals surface area contributed by atoms with Crippen LogP contribution in [0.25, 0.3) is 10.9 Å². The van der Waals surface area contributed by atoms with E-state index in [1.807, 2.05) is 0 Å². The molecule has 19 heavy (non-hydrogen) atoms. The summed E-state index contributed by atoms with van der Waals surface area (Å²) in [6.45, 7) is 3.41. The molecule has 0 fully saturated rings. The fourth-order valence-electron chi connectivity index (χ4n) is 2.12. The number of carbonyl (C=O) groups is 1. The third-order valence-corrected chi connectivity index (χ3v) is 2.94. The Morgan fingerprint density at radius 1 is 1.32 bits per heavy atom. The predicted molar refractivity (Wildman–Crippen MR) is 64.3 cm³/mol. The number of alkyl halides is 3. The van der Waals surface area contributed by atoms with E-state index in [9.17, 15) is 18.0 Å². The molecule has 0 saturated heterocycles. The first-order valence-corrected chi connectivity index (χ1v) is 5.67. The second-order valence-corrected chi connectivity index (χ2v) is 4.55. The Kier molecular flexibility index (Phi) is 3.04. The molecule has 0 radical (unpaired) electrons. The lowest BCUT2D eigenvalue weighted by Crippen LogP contribution is -2.09. The summed E-state index contributed by atoms with van der Waals surface area (Å²) in [4.78, 5) is 11.1. The van der Waals surface area contributed by atoms with Crippen molar-refractivity contribution >= 4 is 16.9 Å². The molecule has 3 nitrogen and oxygen atoms in total. The van der Waals surface area contributed by atoms with Crippen LogP contribution in [0.1, 0.15) is 35.8 Å². The molecule has 0 spiro atoms. The molecule has 1 aromatic carbocycles. The van der Waals surface area contributed by atoms with E-state index in [0.29, 0.717) is 0 Å². The van der Waals surface area contributed by atoms with Gasteiger partial charge in [-0.15, -0.1) is 0 Å². The van der Waals surface area contributed by atoms with Gasteiger partial charge in [0.1, 0.15) is 0 Å². The van der Waals surface area contributed by atoms with Crippen molar-refractivity contribution in [3.63, 3.8) is 0 Å². The Hall–Kier alpha value is -1.98. The van der Waals surface area contributed by atoms with Crippen LogP contribution >= 0.6 is 0 Å². The monoisotopic (exact) mass is 271 g/mol. The van der Waals surface area contributed by atoms with E-state index in [1.54, 1.807) is 13.8 Å². The molecule has 6 heteroatoms. The lowest BCUT2D eigenvalue weighted by molar-refractivity contribution is -0.136. The second kappa shape index (κ2) is 4.29. The van der Waals surface area contributed by atoms with E-state index in [0.717, 1.165) is 6.07 Å². The minimum absolute atomic E-state index is 0.0811. The van der Waals surface area contributed by atoms with Crippen LogP contribution < -0.4 is 0 Å². The zero-order valence-electron chi connectivity index (χ0n) is 10.3. The molecule has 1 N–H and O–H groups in total. The van der Waals surface area contributed by atoms with Crippen molar-refractivity contribution < 1.29 is 23.1 Å². The summed E-state index contributed by atoms with van der Waals surface area (Å²) in [6, 6.07) is 3.32. The van der Waals surface area contributed by atoms with E-state index < -0.39 is 17.7 Å². The third kappa shape index (κ3) is 2.18. The quantitative estimate of drug-likeness (QED) is 0.898. The number of aromatic nitrogens is 1. The molecular formula is C13H12F3NO2. The zero-order chi connectivity index (χ0) is 14.4. The first kappa shape index (κ1) is 13.5. The summed E-state index contributed by atoms with van der Waals surface area (Å²) in [5.74, 6) is -1.23. The summed E-state index contributed by atoms with van der Waals surface area (Å²) in [5, 5.41) is 9.18. The Labute approximate surface area is 107 Å². The minimum Gasteiger partial charge on any atom is -0.478 e. The van der Waals surface area contributed by atoms with Crippen LogP contribution in [-0.4, -0.2) is 15.6 Å². The largest absolute Gasteiger partial charge is 0.478 e. The van der Waals surface area contributed by atoms with Gasteiger partial charge in [0.15, 0.2) is 0 Å². The molecule has 2 rings (SSSR count). The van der Waals surface area contributed by atoms with Crippen molar-refractivity contribution in [2.24, 2.45) is 0 Å². The number of hydrogen-bond acceptors (Lipinski definition) is 1. The average Bonchev–Trinajstić information content (AvgIpc) is 2.66. The number of halogens is 3. The number of hydrogen-bond donors (Lipinski definition) is 1. The standard InChI is InChI=1S/C13H12F3NO2/c1-7(2)17-6-9(12(18)19)8-4-3-5-10(11(8)17)13(14,15)16/h3-7H,1-2H3,(H,18,19). The Morgan fingerprint density at radius 2 is 1.95 bits per heavy atom.